The second-order valence-electron chi connectivity index (χ2n) is 4.09. The molecule has 8 heteroatoms. The minimum Gasteiger partial charge on any atom is -0.387 e. The molecule has 0 aliphatic carbocycles. The molecule has 1 atom stereocenters. The van der Waals surface area contributed by atoms with Gasteiger partial charge >= 0.3 is 0 Å². The van der Waals surface area contributed by atoms with Crippen LogP contribution >= 0.6 is 0 Å². The molecule has 1 aliphatic heterocycles. The van der Waals surface area contributed by atoms with Crippen LogP contribution < -0.4 is 5.73 Å². The number of rotatable bonds is 3. The molecule has 1 saturated heterocycles. The monoisotopic (exact) mass is 257 g/mol. The van der Waals surface area contributed by atoms with Crippen LogP contribution in [-0.2, 0) is 10.0 Å². The molecule has 1 aromatic rings. The van der Waals surface area contributed by atoms with E-state index in [0.717, 1.165) is 12.8 Å². The first kappa shape index (κ1) is 12.1. The largest absolute Gasteiger partial charge is 0.387 e. The fourth-order valence-electron chi connectivity index (χ4n) is 1.94. The summed E-state index contributed by atoms with van der Waals surface area (Å²) in [5, 5.41) is 13.5. The third-order valence-corrected chi connectivity index (χ3v) is 4.77. The van der Waals surface area contributed by atoms with Gasteiger partial charge in [-0.1, -0.05) is 0 Å². The quantitative estimate of drug-likeness (QED) is 0.511. The van der Waals surface area contributed by atoms with Crippen molar-refractivity contribution in [3.8, 4) is 0 Å². The van der Waals surface area contributed by atoms with E-state index in [0.29, 0.717) is 6.54 Å². The standard InChI is InChI=1S/C9H15N5O2S/c10-9(11)7-2-1-3-14(6-7)17(15,16)8-4-12-13-5-8/h4-5,7H,1-3,6H2,(H3,10,11)(H,12,13). The minimum absolute atomic E-state index is 0.0529. The van der Waals surface area contributed by atoms with Gasteiger partial charge in [-0.05, 0) is 12.8 Å². The van der Waals surface area contributed by atoms with E-state index in [1.807, 2.05) is 0 Å². The molecule has 0 radical (unpaired) electrons. The second-order valence-corrected chi connectivity index (χ2v) is 6.03. The van der Waals surface area contributed by atoms with Crippen molar-refractivity contribution in [3.63, 3.8) is 0 Å². The molecular weight excluding hydrogens is 242 g/mol. The van der Waals surface area contributed by atoms with Crippen LogP contribution in [0.25, 0.3) is 0 Å². The first-order valence-electron chi connectivity index (χ1n) is 5.34. The highest BCUT2D eigenvalue weighted by Crippen LogP contribution is 2.22. The Morgan fingerprint density at radius 1 is 1.65 bits per heavy atom. The van der Waals surface area contributed by atoms with Gasteiger partial charge in [0, 0.05) is 25.2 Å². The Hall–Kier alpha value is -1.41. The van der Waals surface area contributed by atoms with E-state index in [-0.39, 0.29) is 23.2 Å². The number of nitrogens with one attached hydrogen (secondary N) is 2. The molecule has 0 amide bonds. The van der Waals surface area contributed by atoms with Crippen LogP contribution in [0.15, 0.2) is 17.3 Å². The zero-order valence-corrected chi connectivity index (χ0v) is 10.1. The third-order valence-electron chi connectivity index (χ3n) is 2.93. The summed E-state index contributed by atoms with van der Waals surface area (Å²) in [4.78, 5) is 0.154. The van der Waals surface area contributed by atoms with Gasteiger partial charge in [-0.2, -0.15) is 9.40 Å². The predicted molar refractivity (Wildman–Crippen MR) is 62.0 cm³/mol. The number of nitrogens with two attached hydrogens (primary N) is 1. The maximum Gasteiger partial charge on any atom is 0.246 e. The number of aromatic nitrogens is 2. The number of hydrogen-bond acceptors (Lipinski definition) is 4. The Morgan fingerprint density at radius 2 is 2.41 bits per heavy atom. The molecule has 0 aromatic carbocycles. The van der Waals surface area contributed by atoms with Crippen molar-refractivity contribution in [2.45, 2.75) is 17.7 Å². The van der Waals surface area contributed by atoms with Gasteiger partial charge in [-0.3, -0.25) is 10.5 Å². The van der Waals surface area contributed by atoms with Crippen LogP contribution in [0.3, 0.4) is 0 Å². The van der Waals surface area contributed by atoms with Crippen LogP contribution in [0, 0.1) is 11.3 Å². The van der Waals surface area contributed by atoms with Gasteiger partial charge in [0.25, 0.3) is 0 Å². The van der Waals surface area contributed by atoms with E-state index in [2.05, 4.69) is 10.2 Å². The molecule has 0 bridgehead atoms. The maximum atomic E-state index is 12.2. The fourth-order valence-corrected chi connectivity index (χ4v) is 3.38. The molecule has 2 rings (SSSR count). The third kappa shape index (κ3) is 2.32. The normalized spacial score (nSPS) is 22.5. The zero-order chi connectivity index (χ0) is 12.5. The summed E-state index contributed by atoms with van der Waals surface area (Å²) in [6.07, 6.45) is 4.13. The molecule has 0 saturated carbocycles. The van der Waals surface area contributed by atoms with Gasteiger partial charge in [0.05, 0.1) is 12.0 Å². The lowest BCUT2D eigenvalue weighted by atomic mass is 9.99. The first-order valence-corrected chi connectivity index (χ1v) is 6.78. The van der Waals surface area contributed by atoms with E-state index < -0.39 is 10.0 Å². The van der Waals surface area contributed by atoms with Gasteiger partial charge < -0.3 is 5.73 Å². The van der Waals surface area contributed by atoms with E-state index in [1.165, 1.54) is 16.7 Å². The average molecular weight is 257 g/mol. The summed E-state index contributed by atoms with van der Waals surface area (Å²) < 4.78 is 25.7. The summed E-state index contributed by atoms with van der Waals surface area (Å²) in [7, 11) is -3.50. The van der Waals surface area contributed by atoms with E-state index >= 15 is 0 Å². The van der Waals surface area contributed by atoms with Crippen molar-refractivity contribution in [2.24, 2.45) is 11.7 Å². The van der Waals surface area contributed by atoms with Crippen LogP contribution in [0.1, 0.15) is 12.8 Å². The Morgan fingerprint density at radius 3 is 3.00 bits per heavy atom. The number of piperidine rings is 1. The van der Waals surface area contributed by atoms with Gasteiger partial charge in [0.1, 0.15) is 4.90 Å². The fraction of sp³-hybridized carbons (Fsp3) is 0.556. The van der Waals surface area contributed by atoms with Gasteiger partial charge in [0.2, 0.25) is 10.0 Å². The van der Waals surface area contributed by atoms with Gasteiger partial charge in [0.15, 0.2) is 0 Å². The van der Waals surface area contributed by atoms with Crippen molar-refractivity contribution in [1.82, 2.24) is 14.5 Å². The van der Waals surface area contributed by atoms with E-state index in [1.54, 1.807) is 0 Å². The SMILES string of the molecule is N=C(N)C1CCCN(S(=O)(=O)c2cn[nH]c2)C1. The summed E-state index contributed by atoms with van der Waals surface area (Å²) in [6, 6.07) is 0. The Balaban J connectivity index is 2.20. The topological polar surface area (TPSA) is 116 Å². The van der Waals surface area contributed by atoms with Crippen molar-refractivity contribution >= 4 is 15.9 Å². The molecule has 17 heavy (non-hydrogen) atoms. The lowest BCUT2D eigenvalue weighted by Crippen LogP contribution is -2.43. The highest BCUT2D eigenvalue weighted by atomic mass is 32.2. The summed E-state index contributed by atoms with van der Waals surface area (Å²) in [5.41, 5.74) is 5.43. The average Bonchev–Trinajstić information content (AvgIpc) is 2.83. The predicted octanol–water partition coefficient (Wildman–Crippen LogP) is -0.254. The van der Waals surface area contributed by atoms with Gasteiger partial charge in [-0.15, -0.1) is 0 Å². The Labute approximate surface area is 99.6 Å². The summed E-state index contributed by atoms with van der Waals surface area (Å²) >= 11 is 0. The number of nitrogens with zero attached hydrogens (tertiary/aromatic N) is 2. The lowest BCUT2D eigenvalue weighted by molar-refractivity contribution is 0.310. The molecule has 2 heterocycles. The van der Waals surface area contributed by atoms with E-state index in [4.69, 9.17) is 11.1 Å². The number of hydrogen-bond donors (Lipinski definition) is 3. The van der Waals surface area contributed by atoms with Crippen LogP contribution in [0.4, 0.5) is 0 Å². The Kier molecular flexibility index (Phi) is 3.16. The van der Waals surface area contributed by atoms with Crippen LogP contribution in [0.2, 0.25) is 0 Å². The number of aromatic amines is 1. The molecular formula is C9H15N5O2S. The minimum atomic E-state index is -3.50. The van der Waals surface area contributed by atoms with Crippen molar-refractivity contribution in [2.75, 3.05) is 13.1 Å². The molecule has 1 unspecified atom stereocenters. The van der Waals surface area contributed by atoms with Crippen LogP contribution in [0.5, 0.6) is 0 Å². The number of H-pyrrole nitrogens is 1. The smallest absolute Gasteiger partial charge is 0.246 e. The summed E-state index contributed by atoms with van der Waals surface area (Å²) in [6.45, 7) is 0.750. The van der Waals surface area contributed by atoms with Crippen LogP contribution in [-0.4, -0.2) is 41.8 Å². The highest BCUT2D eigenvalue weighted by molar-refractivity contribution is 7.89. The molecule has 7 nitrogen and oxygen atoms in total. The molecule has 1 aliphatic rings. The maximum absolute atomic E-state index is 12.2. The Bertz CT molecular complexity index is 495. The number of sulfonamides is 1. The second kappa shape index (κ2) is 4.46. The zero-order valence-electron chi connectivity index (χ0n) is 9.26. The first-order chi connectivity index (χ1) is 8.01. The molecule has 94 valence electrons. The molecule has 1 aromatic heterocycles. The molecule has 1 fully saturated rings. The van der Waals surface area contributed by atoms with Crippen molar-refractivity contribution in [3.05, 3.63) is 12.4 Å². The summed E-state index contributed by atoms with van der Waals surface area (Å²) in [5.74, 6) is -0.123. The van der Waals surface area contributed by atoms with Crippen molar-refractivity contribution < 1.29 is 8.42 Å². The lowest BCUT2D eigenvalue weighted by Gasteiger charge is -2.30. The van der Waals surface area contributed by atoms with Crippen molar-refractivity contribution in [1.29, 1.82) is 5.41 Å². The highest BCUT2D eigenvalue weighted by Gasteiger charge is 2.31. The van der Waals surface area contributed by atoms with Gasteiger partial charge in [-0.25, -0.2) is 8.42 Å². The van der Waals surface area contributed by atoms with E-state index in [9.17, 15) is 8.42 Å². The molecule has 0 spiro atoms. The molecule has 4 N–H and O–H groups in total. The number of amidine groups is 1.